The molecule has 0 saturated heterocycles. The topological polar surface area (TPSA) is 75.5 Å². The molecule has 0 aliphatic rings. The van der Waals surface area contributed by atoms with Crippen LogP contribution in [-0.2, 0) is 11.2 Å². The molecule has 1 aromatic carbocycles. The minimum Gasteiger partial charge on any atom is -0.354 e. The number of rotatable bonds is 6. The van der Waals surface area contributed by atoms with Gasteiger partial charge < -0.3 is 15.0 Å². The summed E-state index contributed by atoms with van der Waals surface area (Å²) in [4.78, 5) is 29.0. The summed E-state index contributed by atoms with van der Waals surface area (Å²) in [5, 5.41) is 5.87. The number of carbonyl (C=O) groups is 2. The molecule has 3 rings (SSSR count). The molecule has 2 amide bonds. The van der Waals surface area contributed by atoms with Crippen LogP contribution in [0.3, 0.4) is 0 Å². The molecule has 8 heteroatoms. The van der Waals surface area contributed by atoms with Crippen LogP contribution >= 0.6 is 23.2 Å². The van der Waals surface area contributed by atoms with E-state index < -0.39 is 11.9 Å². The van der Waals surface area contributed by atoms with Crippen molar-refractivity contribution in [1.82, 2.24) is 20.0 Å². The average Bonchev–Trinajstić information content (AvgIpc) is 3.06. The summed E-state index contributed by atoms with van der Waals surface area (Å²) < 4.78 is 1.93. The molecule has 0 saturated carbocycles. The number of nitrogens with one attached hydrogen (secondary N) is 2. The van der Waals surface area contributed by atoms with Crippen molar-refractivity contribution in [1.29, 1.82) is 0 Å². The first-order valence-electron chi connectivity index (χ1n) is 8.41. The number of amides is 2. The van der Waals surface area contributed by atoms with Gasteiger partial charge in [-0.3, -0.25) is 9.59 Å². The van der Waals surface area contributed by atoms with Crippen LogP contribution in [0.2, 0.25) is 10.0 Å². The molecule has 0 spiro atoms. The fourth-order valence-corrected chi connectivity index (χ4v) is 2.98. The zero-order valence-electron chi connectivity index (χ0n) is 14.6. The molecule has 2 N–H and O–H groups in total. The molecule has 140 valence electrons. The fraction of sp³-hybridized carbons (Fsp3) is 0.211. The van der Waals surface area contributed by atoms with Crippen LogP contribution in [0.5, 0.6) is 0 Å². The van der Waals surface area contributed by atoms with Gasteiger partial charge in [0, 0.05) is 25.4 Å². The standard InChI is InChI=1S/C19H18Cl2N4O2/c1-12(23-19(27)14-5-4-6-15(20)17(14)21)18(26)22-9-8-13-11-25-10-3-2-7-16(25)24-13/h2-7,10-12H,8-9H2,1H3,(H,22,26)(H,23,27). The van der Waals surface area contributed by atoms with Crippen molar-refractivity contribution in [3.8, 4) is 0 Å². The number of hydrogen-bond donors (Lipinski definition) is 2. The first-order chi connectivity index (χ1) is 13.0. The zero-order chi connectivity index (χ0) is 19.4. The quantitative estimate of drug-likeness (QED) is 0.662. The Kier molecular flexibility index (Phi) is 5.98. The molecule has 0 radical (unpaired) electrons. The summed E-state index contributed by atoms with van der Waals surface area (Å²) in [6, 6.07) is 9.83. The summed E-state index contributed by atoms with van der Waals surface area (Å²) in [6.07, 6.45) is 4.44. The van der Waals surface area contributed by atoms with Gasteiger partial charge in [-0.25, -0.2) is 4.98 Å². The monoisotopic (exact) mass is 404 g/mol. The summed E-state index contributed by atoms with van der Waals surface area (Å²) in [6.45, 7) is 2.03. The number of hydrogen-bond acceptors (Lipinski definition) is 3. The van der Waals surface area contributed by atoms with Gasteiger partial charge in [-0.15, -0.1) is 0 Å². The van der Waals surface area contributed by atoms with Crippen LogP contribution in [0, 0.1) is 0 Å². The Morgan fingerprint density at radius 1 is 1.19 bits per heavy atom. The number of aromatic nitrogens is 2. The van der Waals surface area contributed by atoms with Crippen molar-refractivity contribution in [3.63, 3.8) is 0 Å². The van der Waals surface area contributed by atoms with Crippen molar-refractivity contribution in [2.24, 2.45) is 0 Å². The summed E-state index contributed by atoms with van der Waals surface area (Å²) in [7, 11) is 0. The number of carbonyl (C=O) groups excluding carboxylic acids is 2. The van der Waals surface area contributed by atoms with Crippen LogP contribution in [0.4, 0.5) is 0 Å². The van der Waals surface area contributed by atoms with E-state index in [1.165, 1.54) is 0 Å². The van der Waals surface area contributed by atoms with E-state index in [-0.39, 0.29) is 21.5 Å². The third kappa shape index (κ3) is 4.59. The Labute approximate surface area is 166 Å². The normalized spacial score (nSPS) is 12.0. The Morgan fingerprint density at radius 3 is 2.78 bits per heavy atom. The summed E-state index contributed by atoms with van der Waals surface area (Å²) in [5.41, 5.74) is 1.97. The average molecular weight is 405 g/mol. The predicted molar refractivity (Wildman–Crippen MR) is 105 cm³/mol. The third-order valence-corrected chi connectivity index (χ3v) is 4.85. The fourth-order valence-electron chi connectivity index (χ4n) is 2.59. The minimum atomic E-state index is -0.714. The van der Waals surface area contributed by atoms with E-state index in [2.05, 4.69) is 15.6 Å². The molecule has 0 fully saturated rings. The lowest BCUT2D eigenvalue weighted by molar-refractivity contribution is -0.122. The molecule has 0 aliphatic heterocycles. The smallest absolute Gasteiger partial charge is 0.253 e. The molecule has 0 aliphatic carbocycles. The highest BCUT2D eigenvalue weighted by atomic mass is 35.5. The summed E-state index contributed by atoms with van der Waals surface area (Å²) in [5.74, 6) is -0.740. The lowest BCUT2D eigenvalue weighted by atomic mass is 10.2. The van der Waals surface area contributed by atoms with Gasteiger partial charge in [-0.05, 0) is 31.2 Å². The van der Waals surface area contributed by atoms with Crippen molar-refractivity contribution in [2.45, 2.75) is 19.4 Å². The number of halogens is 2. The van der Waals surface area contributed by atoms with Gasteiger partial charge >= 0.3 is 0 Å². The maximum absolute atomic E-state index is 12.3. The van der Waals surface area contributed by atoms with Crippen LogP contribution in [0.1, 0.15) is 23.0 Å². The van der Waals surface area contributed by atoms with E-state index in [9.17, 15) is 9.59 Å². The second-order valence-electron chi connectivity index (χ2n) is 6.04. The van der Waals surface area contributed by atoms with E-state index in [0.29, 0.717) is 13.0 Å². The van der Waals surface area contributed by atoms with E-state index >= 15 is 0 Å². The number of imidazole rings is 1. The van der Waals surface area contributed by atoms with Gasteiger partial charge in [0.15, 0.2) is 0 Å². The Bertz CT molecular complexity index is 954. The van der Waals surface area contributed by atoms with Crippen molar-refractivity contribution in [2.75, 3.05) is 6.54 Å². The van der Waals surface area contributed by atoms with Crippen LogP contribution < -0.4 is 10.6 Å². The number of benzene rings is 1. The maximum atomic E-state index is 12.3. The van der Waals surface area contributed by atoms with Gasteiger partial charge in [0.1, 0.15) is 11.7 Å². The molecular formula is C19H18Cl2N4O2. The third-order valence-electron chi connectivity index (χ3n) is 4.03. The molecule has 3 aromatic rings. The minimum absolute atomic E-state index is 0.163. The first kappa shape index (κ1) is 19.2. The molecule has 27 heavy (non-hydrogen) atoms. The van der Waals surface area contributed by atoms with E-state index in [1.54, 1.807) is 25.1 Å². The van der Waals surface area contributed by atoms with Gasteiger partial charge in [0.25, 0.3) is 5.91 Å². The SMILES string of the molecule is CC(NC(=O)c1cccc(Cl)c1Cl)C(=O)NCCc1cn2ccccc2n1. The molecule has 6 nitrogen and oxygen atoms in total. The van der Waals surface area contributed by atoms with E-state index in [4.69, 9.17) is 23.2 Å². The maximum Gasteiger partial charge on any atom is 0.253 e. The van der Waals surface area contributed by atoms with E-state index in [1.807, 2.05) is 35.0 Å². The van der Waals surface area contributed by atoms with Gasteiger partial charge in [-0.2, -0.15) is 0 Å². The number of nitrogens with zero attached hydrogens (tertiary/aromatic N) is 2. The highest BCUT2D eigenvalue weighted by Crippen LogP contribution is 2.25. The summed E-state index contributed by atoms with van der Waals surface area (Å²) >= 11 is 11.9. The molecule has 0 bridgehead atoms. The number of pyridine rings is 1. The van der Waals surface area contributed by atoms with E-state index in [0.717, 1.165) is 11.3 Å². The second kappa shape index (κ2) is 8.41. The van der Waals surface area contributed by atoms with Crippen molar-refractivity contribution in [3.05, 3.63) is 70.1 Å². The highest BCUT2D eigenvalue weighted by molar-refractivity contribution is 6.43. The lowest BCUT2D eigenvalue weighted by Crippen LogP contribution is -2.45. The van der Waals surface area contributed by atoms with Crippen LogP contribution in [0.15, 0.2) is 48.8 Å². The van der Waals surface area contributed by atoms with Gasteiger partial charge in [0.05, 0.1) is 21.3 Å². The highest BCUT2D eigenvalue weighted by Gasteiger charge is 2.19. The first-order valence-corrected chi connectivity index (χ1v) is 9.16. The van der Waals surface area contributed by atoms with Crippen molar-refractivity contribution >= 4 is 40.7 Å². The largest absolute Gasteiger partial charge is 0.354 e. The van der Waals surface area contributed by atoms with Crippen LogP contribution in [-0.4, -0.2) is 33.8 Å². The number of fused-ring (bicyclic) bond motifs is 1. The molecule has 2 heterocycles. The second-order valence-corrected chi connectivity index (χ2v) is 6.82. The van der Waals surface area contributed by atoms with Crippen molar-refractivity contribution < 1.29 is 9.59 Å². The van der Waals surface area contributed by atoms with Gasteiger partial charge in [0.2, 0.25) is 5.91 Å². The lowest BCUT2D eigenvalue weighted by Gasteiger charge is -2.14. The van der Waals surface area contributed by atoms with Crippen LogP contribution in [0.25, 0.3) is 5.65 Å². The Hall–Kier alpha value is -2.57. The molecular weight excluding hydrogens is 387 g/mol. The molecule has 1 atom stereocenters. The Morgan fingerprint density at radius 2 is 2.00 bits per heavy atom. The predicted octanol–water partition coefficient (Wildman–Crippen LogP) is 3.12. The Balaban J connectivity index is 1.51. The van der Waals surface area contributed by atoms with Gasteiger partial charge in [-0.1, -0.05) is 35.3 Å². The zero-order valence-corrected chi connectivity index (χ0v) is 16.1. The molecule has 2 aromatic heterocycles. The molecule has 1 unspecified atom stereocenters.